The van der Waals surface area contributed by atoms with Crippen molar-refractivity contribution in [2.75, 3.05) is 0 Å². The maximum atomic E-state index is 2.58. The van der Waals surface area contributed by atoms with E-state index < -0.39 is 0 Å². The number of benzene rings is 2. The zero-order chi connectivity index (χ0) is 20.3. The van der Waals surface area contributed by atoms with Crippen LogP contribution in [0.4, 0.5) is 0 Å². The first-order valence-corrected chi connectivity index (χ1v) is 11.6. The van der Waals surface area contributed by atoms with Crippen LogP contribution in [-0.2, 0) is 25.7 Å². The SMILES string of the molecule is CC(C)c1cc(C(C)C)c2c3c1CCc1c(C(C)C)cc(C(C)C)c(c1-3)CC2. The van der Waals surface area contributed by atoms with Crippen molar-refractivity contribution >= 4 is 0 Å². The lowest BCUT2D eigenvalue weighted by Crippen LogP contribution is -2.21. The van der Waals surface area contributed by atoms with Gasteiger partial charge in [0.05, 0.1) is 0 Å². The van der Waals surface area contributed by atoms with Gasteiger partial charge in [0.2, 0.25) is 0 Å². The van der Waals surface area contributed by atoms with Crippen LogP contribution in [0.5, 0.6) is 0 Å². The van der Waals surface area contributed by atoms with Gasteiger partial charge in [-0.25, -0.2) is 0 Å². The van der Waals surface area contributed by atoms with E-state index in [1.54, 1.807) is 55.6 Å². The van der Waals surface area contributed by atoms with Crippen molar-refractivity contribution in [1.29, 1.82) is 0 Å². The normalized spacial score (nSPS) is 15.1. The van der Waals surface area contributed by atoms with Gasteiger partial charge in [0.25, 0.3) is 0 Å². The molecule has 0 atom stereocenters. The Morgan fingerprint density at radius 3 is 0.821 bits per heavy atom. The molecule has 4 rings (SSSR count). The molecule has 2 aromatic carbocycles. The fourth-order valence-electron chi connectivity index (χ4n) is 5.87. The van der Waals surface area contributed by atoms with Crippen LogP contribution in [-0.4, -0.2) is 0 Å². The van der Waals surface area contributed by atoms with E-state index in [4.69, 9.17) is 0 Å². The molecule has 0 nitrogen and oxygen atoms in total. The van der Waals surface area contributed by atoms with Gasteiger partial charge in [-0.05, 0) is 105 Å². The van der Waals surface area contributed by atoms with Gasteiger partial charge in [-0.3, -0.25) is 0 Å². The van der Waals surface area contributed by atoms with Crippen molar-refractivity contribution in [2.45, 2.75) is 105 Å². The number of hydrogen-bond donors (Lipinski definition) is 0. The van der Waals surface area contributed by atoms with Crippen LogP contribution in [0.1, 0.15) is 124 Å². The maximum absolute atomic E-state index is 2.58. The van der Waals surface area contributed by atoms with Crippen LogP contribution in [0, 0.1) is 0 Å². The molecular weight excluding hydrogens is 336 g/mol. The monoisotopic (exact) mass is 374 g/mol. The Morgan fingerprint density at radius 1 is 0.429 bits per heavy atom. The highest BCUT2D eigenvalue weighted by Crippen LogP contribution is 2.50. The van der Waals surface area contributed by atoms with E-state index in [-0.39, 0.29) is 0 Å². The highest BCUT2D eigenvalue weighted by Gasteiger charge is 2.33. The molecule has 150 valence electrons. The van der Waals surface area contributed by atoms with Crippen molar-refractivity contribution in [3.05, 3.63) is 56.6 Å². The molecule has 0 aliphatic heterocycles. The third-order valence-electron chi connectivity index (χ3n) is 7.21. The Balaban J connectivity index is 2.14. The zero-order valence-corrected chi connectivity index (χ0v) is 19.3. The molecule has 0 saturated carbocycles. The molecule has 0 spiro atoms. The topological polar surface area (TPSA) is 0 Å². The van der Waals surface area contributed by atoms with Gasteiger partial charge in [0, 0.05) is 0 Å². The van der Waals surface area contributed by atoms with E-state index in [1.165, 1.54) is 25.7 Å². The fraction of sp³-hybridized carbons (Fsp3) is 0.571. The van der Waals surface area contributed by atoms with Crippen molar-refractivity contribution in [2.24, 2.45) is 0 Å². The largest absolute Gasteiger partial charge is 0.0587 e. The highest BCUT2D eigenvalue weighted by molar-refractivity contribution is 5.85. The summed E-state index contributed by atoms with van der Waals surface area (Å²) in [6.07, 6.45) is 4.89. The summed E-state index contributed by atoms with van der Waals surface area (Å²) < 4.78 is 0. The molecule has 0 bridgehead atoms. The Morgan fingerprint density at radius 2 is 0.643 bits per heavy atom. The minimum Gasteiger partial charge on any atom is -0.0587 e. The molecule has 2 aromatic rings. The number of hydrogen-bond acceptors (Lipinski definition) is 0. The smallest absolute Gasteiger partial charge is 0.0108 e. The second-order valence-electron chi connectivity index (χ2n) is 10.4. The van der Waals surface area contributed by atoms with Gasteiger partial charge in [0.1, 0.15) is 0 Å². The van der Waals surface area contributed by atoms with Crippen LogP contribution in [0.2, 0.25) is 0 Å². The molecule has 0 amide bonds. The summed E-state index contributed by atoms with van der Waals surface area (Å²) in [7, 11) is 0. The first kappa shape index (κ1) is 19.7. The Bertz CT molecular complexity index is 776. The van der Waals surface area contributed by atoms with Crippen molar-refractivity contribution < 1.29 is 0 Å². The molecule has 0 N–H and O–H groups in total. The third kappa shape index (κ3) is 2.87. The minimum absolute atomic E-state index is 0.600. The summed E-state index contributed by atoms with van der Waals surface area (Å²) in [4.78, 5) is 0. The summed E-state index contributed by atoms with van der Waals surface area (Å²) in [6.45, 7) is 19.0. The minimum atomic E-state index is 0.600. The lowest BCUT2D eigenvalue weighted by Gasteiger charge is -2.37. The zero-order valence-electron chi connectivity index (χ0n) is 19.3. The van der Waals surface area contributed by atoms with Crippen molar-refractivity contribution in [3.8, 4) is 11.1 Å². The molecule has 0 aromatic heterocycles. The summed E-state index contributed by atoms with van der Waals surface area (Å²) in [6, 6.07) is 5.16. The van der Waals surface area contributed by atoms with Gasteiger partial charge in [-0.1, -0.05) is 67.5 Å². The van der Waals surface area contributed by atoms with Crippen molar-refractivity contribution in [3.63, 3.8) is 0 Å². The summed E-state index contributed by atoms with van der Waals surface area (Å²) in [5, 5.41) is 0. The summed E-state index contributed by atoms with van der Waals surface area (Å²) in [5.74, 6) is 2.40. The standard InChI is InChI=1S/C28H38/c1-15(2)23-13-24(16(3)4)20-11-12-22-26(18(7)8)14-25(17(5)6)21-10-9-19(23)27(20)28(21)22/h13-18H,9-12H2,1-8H3. The van der Waals surface area contributed by atoms with Gasteiger partial charge in [-0.2, -0.15) is 0 Å². The first-order valence-electron chi connectivity index (χ1n) is 11.6. The van der Waals surface area contributed by atoms with Crippen molar-refractivity contribution in [1.82, 2.24) is 0 Å². The molecule has 0 fully saturated rings. The predicted molar refractivity (Wildman–Crippen MR) is 123 cm³/mol. The molecule has 28 heavy (non-hydrogen) atoms. The van der Waals surface area contributed by atoms with Crippen LogP contribution in [0.25, 0.3) is 11.1 Å². The lowest BCUT2D eigenvalue weighted by molar-refractivity contribution is 0.745. The average Bonchev–Trinajstić information content (AvgIpc) is 2.64. The molecule has 0 heteroatoms. The van der Waals surface area contributed by atoms with E-state index in [0.29, 0.717) is 23.7 Å². The quantitative estimate of drug-likeness (QED) is 0.508. The Kier molecular flexibility index (Phi) is 4.97. The van der Waals surface area contributed by atoms with E-state index in [0.717, 1.165) is 0 Å². The van der Waals surface area contributed by atoms with E-state index in [1.807, 2.05) is 0 Å². The second kappa shape index (κ2) is 7.05. The second-order valence-corrected chi connectivity index (χ2v) is 10.4. The molecular formula is C28H38. The van der Waals surface area contributed by atoms with E-state index >= 15 is 0 Å². The molecule has 0 heterocycles. The van der Waals surface area contributed by atoms with Gasteiger partial charge < -0.3 is 0 Å². The predicted octanol–water partition coefficient (Wildman–Crippen LogP) is 8.04. The van der Waals surface area contributed by atoms with Gasteiger partial charge in [-0.15, -0.1) is 0 Å². The molecule has 2 aliphatic rings. The highest BCUT2D eigenvalue weighted by atomic mass is 14.4. The van der Waals surface area contributed by atoms with Crippen LogP contribution in [0.3, 0.4) is 0 Å². The van der Waals surface area contributed by atoms with Gasteiger partial charge >= 0.3 is 0 Å². The Labute approximate surface area is 172 Å². The van der Waals surface area contributed by atoms with E-state index in [9.17, 15) is 0 Å². The summed E-state index contributed by atoms with van der Waals surface area (Å²) in [5.41, 5.74) is 16.5. The average molecular weight is 375 g/mol. The van der Waals surface area contributed by atoms with Crippen LogP contribution >= 0.6 is 0 Å². The molecule has 2 aliphatic carbocycles. The fourth-order valence-corrected chi connectivity index (χ4v) is 5.87. The first-order chi connectivity index (χ1) is 13.2. The molecule has 0 saturated heterocycles. The molecule has 0 unspecified atom stereocenters. The van der Waals surface area contributed by atoms with Crippen LogP contribution in [0.15, 0.2) is 12.1 Å². The third-order valence-corrected chi connectivity index (χ3v) is 7.21. The molecule has 0 radical (unpaired) electrons. The summed E-state index contributed by atoms with van der Waals surface area (Å²) >= 11 is 0. The van der Waals surface area contributed by atoms with E-state index in [2.05, 4.69) is 67.5 Å². The maximum Gasteiger partial charge on any atom is -0.0108 e. The van der Waals surface area contributed by atoms with Crippen LogP contribution < -0.4 is 0 Å². The lowest BCUT2D eigenvalue weighted by atomic mass is 9.67. The number of rotatable bonds is 4. The van der Waals surface area contributed by atoms with Gasteiger partial charge in [0.15, 0.2) is 0 Å². The Hall–Kier alpha value is -1.56.